The maximum absolute atomic E-state index is 11.6. The first kappa shape index (κ1) is 16.3. The highest BCUT2D eigenvalue weighted by Gasteiger charge is 2.30. The molecule has 0 aliphatic rings. The van der Waals surface area contributed by atoms with Crippen LogP contribution < -0.4 is 15.8 Å². The number of nitrogens with two attached hydrogens (primary N) is 1. The first-order chi connectivity index (χ1) is 9.12. The van der Waals surface area contributed by atoms with Crippen molar-refractivity contribution in [2.75, 3.05) is 25.1 Å². The van der Waals surface area contributed by atoms with E-state index in [1.807, 2.05) is 0 Å². The van der Waals surface area contributed by atoms with E-state index in [-0.39, 0.29) is 19.1 Å². The van der Waals surface area contributed by atoms with Crippen LogP contribution in [0.25, 0.3) is 0 Å². The molecular weight excluding hydrogens is 280 g/mol. The predicted octanol–water partition coefficient (Wildman–Crippen LogP) is 0.587. The molecule has 0 bridgehead atoms. The Morgan fingerprint density at radius 2 is 2.05 bits per heavy atom. The topological polar surface area (TPSA) is 98.5 Å². The lowest BCUT2D eigenvalue weighted by Crippen LogP contribution is -2.45. The molecule has 7 heteroatoms. The van der Waals surface area contributed by atoms with E-state index in [2.05, 4.69) is 5.32 Å². The summed E-state index contributed by atoms with van der Waals surface area (Å²) >= 11 is 0. The molecule has 0 unspecified atom stereocenters. The summed E-state index contributed by atoms with van der Waals surface area (Å²) in [5.41, 5.74) is 6.12. The number of sulfone groups is 1. The van der Waals surface area contributed by atoms with E-state index in [9.17, 15) is 13.2 Å². The molecular formula is C13H20N2O4S. The van der Waals surface area contributed by atoms with Crippen LogP contribution in [0.4, 0.5) is 5.69 Å². The van der Waals surface area contributed by atoms with E-state index in [0.29, 0.717) is 11.4 Å². The number of rotatable bonds is 6. The van der Waals surface area contributed by atoms with Gasteiger partial charge in [0, 0.05) is 24.6 Å². The van der Waals surface area contributed by atoms with Crippen molar-refractivity contribution in [3.05, 3.63) is 24.3 Å². The van der Waals surface area contributed by atoms with Gasteiger partial charge in [0.15, 0.2) is 16.4 Å². The Morgan fingerprint density at radius 3 is 2.60 bits per heavy atom. The zero-order valence-corrected chi connectivity index (χ0v) is 12.7. The van der Waals surface area contributed by atoms with E-state index in [4.69, 9.17) is 10.5 Å². The highest BCUT2D eigenvalue weighted by molar-refractivity contribution is 7.92. The number of anilines is 1. The number of hydrogen-bond donors (Lipinski definition) is 2. The van der Waals surface area contributed by atoms with Crippen molar-refractivity contribution in [2.24, 2.45) is 0 Å². The molecule has 0 aliphatic carbocycles. The van der Waals surface area contributed by atoms with Crippen molar-refractivity contribution >= 4 is 21.4 Å². The standard InChI is InChI=1S/C13H20N2O4S/c1-13(2,20(3,17)18)9-15-12(16)8-19-11-6-4-5-10(14)7-11/h4-7H,8-9,14H2,1-3H3,(H,15,16). The van der Waals surface area contributed by atoms with Gasteiger partial charge in [-0.05, 0) is 26.0 Å². The van der Waals surface area contributed by atoms with Gasteiger partial charge in [0.1, 0.15) is 5.75 Å². The quantitative estimate of drug-likeness (QED) is 0.749. The van der Waals surface area contributed by atoms with Crippen molar-refractivity contribution in [3.8, 4) is 5.75 Å². The molecule has 1 rings (SSSR count). The number of ether oxygens (including phenoxy) is 1. The van der Waals surface area contributed by atoms with Crippen molar-refractivity contribution in [1.29, 1.82) is 0 Å². The van der Waals surface area contributed by atoms with Crippen molar-refractivity contribution in [1.82, 2.24) is 5.32 Å². The number of hydrogen-bond acceptors (Lipinski definition) is 5. The zero-order valence-electron chi connectivity index (χ0n) is 11.8. The zero-order chi connectivity index (χ0) is 15.4. The third-order valence-corrected chi connectivity index (χ3v) is 5.09. The van der Waals surface area contributed by atoms with E-state index < -0.39 is 14.6 Å². The third-order valence-electron chi connectivity index (χ3n) is 2.94. The Balaban J connectivity index is 2.46. The number of nitrogens with one attached hydrogen (secondary N) is 1. The van der Waals surface area contributed by atoms with Crippen LogP contribution >= 0.6 is 0 Å². The first-order valence-electron chi connectivity index (χ1n) is 6.06. The molecule has 112 valence electrons. The van der Waals surface area contributed by atoms with Crippen molar-refractivity contribution in [3.63, 3.8) is 0 Å². The summed E-state index contributed by atoms with van der Waals surface area (Å²) in [7, 11) is -3.24. The van der Waals surface area contributed by atoms with Gasteiger partial charge in [-0.2, -0.15) is 0 Å². The minimum Gasteiger partial charge on any atom is -0.484 e. The van der Waals surface area contributed by atoms with Gasteiger partial charge in [-0.15, -0.1) is 0 Å². The molecule has 0 spiro atoms. The maximum atomic E-state index is 11.6. The molecule has 0 radical (unpaired) electrons. The molecule has 1 amide bonds. The van der Waals surface area contributed by atoms with E-state index in [1.165, 1.54) is 0 Å². The fraction of sp³-hybridized carbons (Fsp3) is 0.462. The fourth-order valence-corrected chi connectivity index (χ4v) is 1.58. The smallest absolute Gasteiger partial charge is 0.257 e. The summed E-state index contributed by atoms with van der Waals surface area (Å²) in [6.07, 6.45) is 1.14. The molecule has 0 heterocycles. The molecule has 0 aliphatic heterocycles. The first-order valence-corrected chi connectivity index (χ1v) is 7.95. The molecule has 0 aromatic heterocycles. The molecule has 0 saturated carbocycles. The van der Waals surface area contributed by atoms with E-state index >= 15 is 0 Å². The molecule has 3 N–H and O–H groups in total. The monoisotopic (exact) mass is 300 g/mol. The van der Waals surface area contributed by atoms with Crippen molar-refractivity contribution < 1.29 is 17.9 Å². The summed E-state index contributed by atoms with van der Waals surface area (Å²) in [5.74, 6) is 0.103. The van der Waals surface area contributed by atoms with E-state index in [1.54, 1.807) is 38.1 Å². The molecule has 0 fully saturated rings. The lowest BCUT2D eigenvalue weighted by Gasteiger charge is -2.22. The lowest BCUT2D eigenvalue weighted by atomic mass is 10.2. The fourth-order valence-electron chi connectivity index (χ4n) is 1.25. The van der Waals surface area contributed by atoms with Gasteiger partial charge < -0.3 is 15.8 Å². The van der Waals surface area contributed by atoms with Gasteiger partial charge in [0.2, 0.25) is 0 Å². The molecule has 1 aromatic rings. The summed E-state index contributed by atoms with van der Waals surface area (Å²) in [6, 6.07) is 6.72. The van der Waals surface area contributed by atoms with Crippen LogP contribution in [0.15, 0.2) is 24.3 Å². The summed E-state index contributed by atoms with van der Waals surface area (Å²) < 4.78 is 27.2. The molecule has 0 saturated heterocycles. The highest BCUT2D eigenvalue weighted by atomic mass is 32.2. The minimum absolute atomic E-state index is 0.0327. The average Bonchev–Trinajstić information content (AvgIpc) is 2.33. The Kier molecular flexibility index (Phi) is 4.99. The Labute approximate surface area is 119 Å². The van der Waals surface area contributed by atoms with Crippen LogP contribution in [0, 0.1) is 0 Å². The maximum Gasteiger partial charge on any atom is 0.257 e. The minimum atomic E-state index is -3.24. The van der Waals surface area contributed by atoms with E-state index in [0.717, 1.165) is 6.26 Å². The van der Waals surface area contributed by atoms with Crippen LogP contribution in [0.3, 0.4) is 0 Å². The predicted molar refractivity (Wildman–Crippen MR) is 78.3 cm³/mol. The van der Waals surface area contributed by atoms with Crippen LogP contribution in [0.5, 0.6) is 5.75 Å². The van der Waals surface area contributed by atoms with Crippen LogP contribution in [0.1, 0.15) is 13.8 Å². The largest absolute Gasteiger partial charge is 0.484 e. The van der Waals surface area contributed by atoms with Crippen LogP contribution in [0.2, 0.25) is 0 Å². The number of benzene rings is 1. The number of nitrogen functional groups attached to an aromatic ring is 1. The number of carbonyl (C=O) groups is 1. The van der Waals surface area contributed by atoms with Gasteiger partial charge in [-0.25, -0.2) is 8.42 Å². The number of amides is 1. The SMILES string of the molecule is CC(C)(CNC(=O)COc1cccc(N)c1)S(C)(=O)=O. The Morgan fingerprint density at radius 1 is 1.40 bits per heavy atom. The van der Waals surface area contributed by atoms with Gasteiger partial charge in [-0.1, -0.05) is 6.07 Å². The number of carbonyl (C=O) groups excluding carboxylic acids is 1. The average molecular weight is 300 g/mol. The molecule has 0 atom stereocenters. The molecule has 20 heavy (non-hydrogen) atoms. The van der Waals surface area contributed by atoms with Gasteiger partial charge in [0.05, 0.1) is 4.75 Å². The van der Waals surface area contributed by atoms with Crippen LogP contribution in [-0.2, 0) is 14.6 Å². The lowest BCUT2D eigenvalue weighted by molar-refractivity contribution is -0.123. The second kappa shape index (κ2) is 6.13. The Hall–Kier alpha value is -1.76. The highest BCUT2D eigenvalue weighted by Crippen LogP contribution is 2.15. The second-order valence-electron chi connectivity index (χ2n) is 5.17. The van der Waals surface area contributed by atoms with Crippen LogP contribution in [-0.4, -0.2) is 38.5 Å². The van der Waals surface area contributed by atoms with Gasteiger partial charge >= 0.3 is 0 Å². The molecule has 1 aromatic carbocycles. The van der Waals surface area contributed by atoms with Gasteiger partial charge in [-0.3, -0.25) is 4.79 Å². The Bertz CT molecular complexity index is 582. The normalized spacial score (nSPS) is 11.9. The van der Waals surface area contributed by atoms with Gasteiger partial charge in [0.25, 0.3) is 5.91 Å². The summed E-state index contributed by atoms with van der Waals surface area (Å²) in [5, 5.41) is 2.54. The summed E-state index contributed by atoms with van der Waals surface area (Å²) in [6.45, 7) is 2.96. The second-order valence-corrected chi connectivity index (χ2v) is 7.82. The summed E-state index contributed by atoms with van der Waals surface area (Å²) in [4.78, 5) is 11.6. The van der Waals surface area contributed by atoms with Crippen molar-refractivity contribution in [2.45, 2.75) is 18.6 Å². The third kappa shape index (κ3) is 4.73. The molecule has 6 nitrogen and oxygen atoms in total.